The molecule has 1 heterocycles. The minimum atomic E-state index is 0.0142. The van der Waals surface area contributed by atoms with Gasteiger partial charge in [0.05, 0.1) is 6.42 Å². The maximum Gasteiger partial charge on any atom is 0.224 e. The second-order valence-corrected chi connectivity index (χ2v) is 4.75. The van der Waals surface area contributed by atoms with E-state index in [1.165, 1.54) is 0 Å². The average Bonchev–Trinajstić information content (AvgIpc) is 2.47. The summed E-state index contributed by atoms with van der Waals surface area (Å²) in [7, 11) is 0. The maximum atomic E-state index is 11.9. The van der Waals surface area contributed by atoms with Crippen LogP contribution in [0.4, 0.5) is 5.69 Å². The molecular weight excluding hydrogens is 250 g/mol. The fourth-order valence-corrected chi connectivity index (χ4v) is 1.89. The van der Waals surface area contributed by atoms with Crippen LogP contribution in [0.1, 0.15) is 12.5 Å². The van der Waals surface area contributed by atoms with E-state index in [0.29, 0.717) is 13.0 Å². The second kappa shape index (κ2) is 7.28. The number of anilines is 1. The van der Waals surface area contributed by atoms with Gasteiger partial charge in [0.2, 0.25) is 5.91 Å². The Bertz CT molecular complexity index is 528. The van der Waals surface area contributed by atoms with Crippen LogP contribution in [0, 0.1) is 0 Å². The summed E-state index contributed by atoms with van der Waals surface area (Å²) in [6, 6.07) is 13.8. The molecule has 0 fully saturated rings. The summed E-state index contributed by atoms with van der Waals surface area (Å²) in [4.78, 5) is 15.9. The Kier molecular flexibility index (Phi) is 5.12. The molecule has 0 saturated heterocycles. The van der Waals surface area contributed by atoms with Crippen molar-refractivity contribution in [2.45, 2.75) is 19.4 Å². The summed E-state index contributed by atoms with van der Waals surface area (Å²) >= 11 is 0. The van der Waals surface area contributed by atoms with Crippen molar-refractivity contribution in [3.63, 3.8) is 0 Å². The SMILES string of the molecule is CC(CNc1ccccc1)NC(=O)Cc1cccnc1. The smallest absolute Gasteiger partial charge is 0.224 e. The van der Waals surface area contributed by atoms with Gasteiger partial charge in [0.25, 0.3) is 0 Å². The molecule has 4 heteroatoms. The van der Waals surface area contributed by atoms with Crippen LogP contribution in [0.25, 0.3) is 0 Å². The molecule has 1 unspecified atom stereocenters. The third-order valence-corrected chi connectivity index (χ3v) is 2.88. The van der Waals surface area contributed by atoms with Gasteiger partial charge in [-0.1, -0.05) is 24.3 Å². The first kappa shape index (κ1) is 14.1. The van der Waals surface area contributed by atoms with Gasteiger partial charge in [-0.25, -0.2) is 0 Å². The summed E-state index contributed by atoms with van der Waals surface area (Å²) in [5.74, 6) is 0.0142. The number of carbonyl (C=O) groups is 1. The number of amides is 1. The van der Waals surface area contributed by atoms with Gasteiger partial charge in [0.1, 0.15) is 0 Å². The molecule has 0 aliphatic rings. The van der Waals surface area contributed by atoms with E-state index in [4.69, 9.17) is 0 Å². The fourth-order valence-electron chi connectivity index (χ4n) is 1.89. The zero-order valence-corrected chi connectivity index (χ0v) is 11.5. The van der Waals surface area contributed by atoms with Crippen molar-refractivity contribution in [2.75, 3.05) is 11.9 Å². The topological polar surface area (TPSA) is 54.0 Å². The average molecular weight is 269 g/mol. The number of para-hydroxylation sites is 1. The normalized spacial score (nSPS) is 11.7. The van der Waals surface area contributed by atoms with Crippen molar-refractivity contribution in [1.82, 2.24) is 10.3 Å². The molecule has 104 valence electrons. The summed E-state index contributed by atoms with van der Waals surface area (Å²) in [6.45, 7) is 2.68. The lowest BCUT2D eigenvalue weighted by atomic mass is 10.2. The van der Waals surface area contributed by atoms with Crippen LogP contribution in [0.3, 0.4) is 0 Å². The Morgan fingerprint density at radius 2 is 2.00 bits per heavy atom. The molecule has 0 bridgehead atoms. The molecule has 0 radical (unpaired) electrons. The van der Waals surface area contributed by atoms with Gasteiger partial charge in [-0.15, -0.1) is 0 Å². The van der Waals surface area contributed by atoms with Gasteiger partial charge >= 0.3 is 0 Å². The number of hydrogen-bond acceptors (Lipinski definition) is 3. The van der Waals surface area contributed by atoms with E-state index in [0.717, 1.165) is 11.3 Å². The van der Waals surface area contributed by atoms with E-state index < -0.39 is 0 Å². The van der Waals surface area contributed by atoms with E-state index in [2.05, 4.69) is 15.6 Å². The summed E-state index contributed by atoms with van der Waals surface area (Å²) in [5, 5.41) is 6.26. The number of rotatable bonds is 6. The van der Waals surface area contributed by atoms with Gasteiger partial charge in [0.15, 0.2) is 0 Å². The molecule has 1 aromatic heterocycles. The number of nitrogens with one attached hydrogen (secondary N) is 2. The lowest BCUT2D eigenvalue weighted by molar-refractivity contribution is -0.120. The fraction of sp³-hybridized carbons (Fsp3) is 0.250. The number of pyridine rings is 1. The number of hydrogen-bond donors (Lipinski definition) is 2. The first-order chi connectivity index (χ1) is 9.74. The van der Waals surface area contributed by atoms with Crippen molar-refractivity contribution in [2.24, 2.45) is 0 Å². The van der Waals surface area contributed by atoms with Gasteiger partial charge in [0, 0.05) is 30.7 Å². The lowest BCUT2D eigenvalue weighted by Gasteiger charge is -2.15. The van der Waals surface area contributed by atoms with Crippen LogP contribution in [0.5, 0.6) is 0 Å². The van der Waals surface area contributed by atoms with Gasteiger partial charge in [-0.05, 0) is 30.7 Å². The largest absolute Gasteiger partial charge is 0.383 e. The van der Waals surface area contributed by atoms with Crippen molar-refractivity contribution < 1.29 is 4.79 Å². The maximum absolute atomic E-state index is 11.9. The molecule has 0 spiro atoms. The predicted molar refractivity (Wildman–Crippen MR) is 80.5 cm³/mol. The highest BCUT2D eigenvalue weighted by Gasteiger charge is 2.08. The highest BCUT2D eigenvalue weighted by molar-refractivity contribution is 5.78. The molecule has 2 N–H and O–H groups in total. The summed E-state index contributed by atoms with van der Waals surface area (Å²) in [5.41, 5.74) is 1.98. The first-order valence-corrected chi connectivity index (χ1v) is 6.71. The molecular formula is C16H19N3O. The van der Waals surface area contributed by atoms with Crippen LogP contribution >= 0.6 is 0 Å². The number of benzene rings is 1. The van der Waals surface area contributed by atoms with Crippen molar-refractivity contribution >= 4 is 11.6 Å². The number of aromatic nitrogens is 1. The van der Waals surface area contributed by atoms with Crippen molar-refractivity contribution in [3.05, 3.63) is 60.4 Å². The third kappa shape index (κ3) is 4.72. The Morgan fingerprint density at radius 3 is 2.70 bits per heavy atom. The molecule has 2 aromatic rings. The number of nitrogens with zero attached hydrogens (tertiary/aromatic N) is 1. The van der Waals surface area contributed by atoms with Gasteiger partial charge in [-0.3, -0.25) is 9.78 Å². The van der Waals surface area contributed by atoms with E-state index in [1.807, 2.05) is 49.4 Å². The molecule has 1 amide bonds. The first-order valence-electron chi connectivity index (χ1n) is 6.71. The van der Waals surface area contributed by atoms with Crippen LogP contribution in [-0.4, -0.2) is 23.5 Å². The van der Waals surface area contributed by atoms with E-state index in [1.54, 1.807) is 12.4 Å². The van der Waals surface area contributed by atoms with E-state index in [9.17, 15) is 4.79 Å². The number of carbonyl (C=O) groups excluding carboxylic acids is 1. The monoisotopic (exact) mass is 269 g/mol. The molecule has 1 atom stereocenters. The summed E-state index contributed by atoms with van der Waals surface area (Å²) in [6.07, 6.45) is 3.78. The van der Waals surface area contributed by atoms with Crippen LogP contribution in [-0.2, 0) is 11.2 Å². The zero-order chi connectivity index (χ0) is 14.2. The summed E-state index contributed by atoms with van der Waals surface area (Å²) < 4.78 is 0. The minimum absolute atomic E-state index is 0.0142. The van der Waals surface area contributed by atoms with Crippen molar-refractivity contribution in [1.29, 1.82) is 0 Å². The Morgan fingerprint density at radius 1 is 1.20 bits per heavy atom. The van der Waals surface area contributed by atoms with Crippen LogP contribution < -0.4 is 10.6 Å². The quantitative estimate of drug-likeness (QED) is 0.845. The standard InChI is InChI=1S/C16H19N3O/c1-13(11-18-15-7-3-2-4-8-15)19-16(20)10-14-6-5-9-17-12-14/h2-9,12-13,18H,10-11H2,1H3,(H,19,20). The Labute approximate surface area is 119 Å². The molecule has 0 aliphatic heterocycles. The second-order valence-electron chi connectivity index (χ2n) is 4.75. The van der Waals surface area contributed by atoms with Gasteiger partial charge in [-0.2, -0.15) is 0 Å². The highest BCUT2D eigenvalue weighted by atomic mass is 16.1. The highest BCUT2D eigenvalue weighted by Crippen LogP contribution is 2.04. The van der Waals surface area contributed by atoms with Gasteiger partial charge < -0.3 is 10.6 Å². The Hall–Kier alpha value is -2.36. The van der Waals surface area contributed by atoms with Crippen molar-refractivity contribution in [3.8, 4) is 0 Å². The molecule has 20 heavy (non-hydrogen) atoms. The molecule has 0 saturated carbocycles. The molecule has 2 rings (SSSR count). The Balaban J connectivity index is 1.74. The van der Waals surface area contributed by atoms with E-state index in [-0.39, 0.29) is 11.9 Å². The molecule has 1 aromatic carbocycles. The minimum Gasteiger partial charge on any atom is -0.383 e. The molecule has 0 aliphatic carbocycles. The van der Waals surface area contributed by atoms with Crippen LogP contribution in [0.2, 0.25) is 0 Å². The van der Waals surface area contributed by atoms with Crippen LogP contribution in [0.15, 0.2) is 54.9 Å². The predicted octanol–water partition coefficient (Wildman–Crippen LogP) is 2.24. The lowest BCUT2D eigenvalue weighted by Crippen LogP contribution is -2.38. The third-order valence-electron chi connectivity index (χ3n) is 2.88. The molecule has 4 nitrogen and oxygen atoms in total. The van der Waals surface area contributed by atoms with E-state index >= 15 is 0 Å². The zero-order valence-electron chi connectivity index (χ0n) is 11.5.